The number of hydrogen-bond acceptors (Lipinski definition) is 4. The first kappa shape index (κ1) is 26.6. The fourth-order valence-corrected chi connectivity index (χ4v) is 5.05. The molecule has 4 nitrogen and oxygen atoms in total. The summed E-state index contributed by atoms with van der Waals surface area (Å²) in [4.78, 5) is 13.7. The van der Waals surface area contributed by atoms with Gasteiger partial charge >= 0.3 is 0 Å². The molecule has 3 atom stereocenters. The third-order valence-corrected chi connectivity index (χ3v) is 7.28. The highest BCUT2D eigenvalue weighted by Crippen LogP contribution is 2.32. The number of aldehydes is 1. The lowest BCUT2D eigenvalue weighted by molar-refractivity contribution is -0.113. The van der Waals surface area contributed by atoms with E-state index in [1.807, 2.05) is 12.1 Å². The quantitative estimate of drug-likeness (QED) is 0.251. The predicted octanol–water partition coefficient (Wildman–Crippen LogP) is 6.06. The number of carbonyl (C=O) groups is 1. The fraction of sp³-hybridized carbons (Fsp3) is 0.714. The first-order valence-electron chi connectivity index (χ1n) is 13.1. The summed E-state index contributed by atoms with van der Waals surface area (Å²) in [5, 5.41) is 12.4. The number of hydrogen-bond donors (Lipinski definition) is 1. The van der Waals surface area contributed by atoms with E-state index in [0.717, 1.165) is 44.4 Å². The van der Waals surface area contributed by atoms with Crippen molar-refractivity contribution in [1.82, 2.24) is 10.2 Å². The predicted molar refractivity (Wildman–Crippen MR) is 134 cm³/mol. The van der Waals surface area contributed by atoms with Crippen molar-refractivity contribution in [2.45, 2.75) is 96.4 Å². The standard InChI is InChI=1S/C28H45N3O/c1-3-4-5-6-7-8-9-10-12-26(24(2)27-16-14-25(21-29)15-17-27)13-11-19-31-20-18-30-22-28(31)23-32/h14-17,23-24,26,28,30H,3-13,18-20,22H2,1-2H3. The van der Waals surface area contributed by atoms with Gasteiger partial charge in [-0.1, -0.05) is 77.3 Å². The van der Waals surface area contributed by atoms with Crippen LogP contribution in [0.1, 0.15) is 102 Å². The summed E-state index contributed by atoms with van der Waals surface area (Å²) in [6.45, 7) is 8.38. The Balaban J connectivity index is 1.85. The minimum Gasteiger partial charge on any atom is -0.313 e. The third-order valence-electron chi connectivity index (χ3n) is 7.28. The number of carbonyl (C=O) groups excluding carboxylic acids is 1. The van der Waals surface area contributed by atoms with Gasteiger partial charge in [-0.15, -0.1) is 0 Å². The van der Waals surface area contributed by atoms with E-state index in [-0.39, 0.29) is 6.04 Å². The Bertz CT molecular complexity index is 666. The molecule has 32 heavy (non-hydrogen) atoms. The lowest BCUT2D eigenvalue weighted by Crippen LogP contribution is -2.52. The second kappa shape index (κ2) is 16.0. The van der Waals surface area contributed by atoms with Crippen molar-refractivity contribution in [2.75, 3.05) is 26.2 Å². The first-order chi connectivity index (χ1) is 15.7. The SMILES string of the molecule is CCCCCCCCCCC(CCCN1CCNCC1C=O)C(C)c1ccc(C#N)cc1. The van der Waals surface area contributed by atoms with Crippen molar-refractivity contribution in [2.24, 2.45) is 5.92 Å². The molecular weight excluding hydrogens is 394 g/mol. The highest BCUT2D eigenvalue weighted by Gasteiger charge is 2.23. The van der Waals surface area contributed by atoms with Crippen molar-refractivity contribution in [1.29, 1.82) is 5.26 Å². The number of rotatable bonds is 16. The number of nitriles is 1. The zero-order valence-electron chi connectivity index (χ0n) is 20.5. The van der Waals surface area contributed by atoms with Crippen LogP contribution >= 0.6 is 0 Å². The van der Waals surface area contributed by atoms with E-state index in [1.165, 1.54) is 69.8 Å². The van der Waals surface area contributed by atoms with Gasteiger partial charge in [-0.05, 0) is 55.3 Å². The molecule has 0 radical (unpaired) electrons. The van der Waals surface area contributed by atoms with Crippen molar-refractivity contribution in [3.05, 3.63) is 35.4 Å². The van der Waals surface area contributed by atoms with Gasteiger partial charge in [-0.3, -0.25) is 4.90 Å². The number of benzene rings is 1. The van der Waals surface area contributed by atoms with Crippen LogP contribution in [-0.4, -0.2) is 43.4 Å². The summed E-state index contributed by atoms with van der Waals surface area (Å²) in [5.74, 6) is 1.15. The maximum Gasteiger partial charge on any atom is 0.138 e. The van der Waals surface area contributed by atoms with Crippen molar-refractivity contribution in [3.8, 4) is 6.07 Å². The van der Waals surface area contributed by atoms with Gasteiger partial charge in [0, 0.05) is 19.6 Å². The minimum absolute atomic E-state index is 0.0332. The molecule has 1 aromatic rings. The second-order valence-electron chi connectivity index (χ2n) is 9.63. The highest BCUT2D eigenvalue weighted by molar-refractivity contribution is 5.58. The molecule has 0 aliphatic carbocycles. The van der Waals surface area contributed by atoms with Gasteiger partial charge in [0.15, 0.2) is 0 Å². The Kier molecular flexibility index (Phi) is 13.3. The Labute approximate surface area is 196 Å². The number of unbranched alkanes of at least 4 members (excludes halogenated alkanes) is 7. The molecule has 0 spiro atoms. The van der Waals surface area contributed by atoms with E-state index in [0.29, 0.717) is 11.8 Å². The molecule has 1 aromatic carbocycles. The zero-order valence-corrected chi connectivity index (χ0v) is 20.5. The molecule has 4 heteroatoms. The fourth-order valence-electron chi connectivity index (χ4n) is 5.05. The Morgan fingerprint density at radius 2 is 1.72 bits per heavy atom. The molecule has 1 heterocycles. The summed E-state index contributed by atoms with van der Waals surface area (Å²) < 4.78 is 0. The molecule has 1 fully saturated rings. The summed E-state index contributed by atoms with van der Waals surface area (Å²) in [6, 6.07) is 10.5. The Hall–Kier alpha value is -1.70. The van der Waals surface area contributed by atoms with E-state index >= 15 is 0 Å². The summed E-state index contributed by atoms with van der Waals surface area (Å²) in [5.41, 5.74) is 2.08. The second-order valence-corrected chi connectivity index (χ2v) is 9.63. The molecule has 178 valence electrons. The van der Waals surface area contributed by atoms with Gasteiger partial charge in [0.2, 0.25) is 0 Å². The third kappa shape index (κ3) is 9.43. The highest BCUT2D eigenvalue weighted by atomic mass is 16.1. The van der Waals surface area contributed by atoms with Crippen LogP contribution < -0.4 is 5.32 Å². The lowest BCUT2D eigenvalue weighted by atomic mass is 9.81. The average Bonchev–Trinajstić information content (AvgIpc) is 2.84. The number of nitrogens with one attached hydrogen (secondary N) is 1. The maximum atomic E-state index is 11.4. The number of nitrogens with zero attached hydrogens (tertiary/aromatic N) is 2. The summed E-state index contributed by atoms with van der Waals surface area (Å²) >= 11 is 0. The van der Waals surface area contributed by atoms with E-state index in [1.54, 1.807) is 0 Å². The van der Waals surface area contributed by atoms with E-state index in [9.17, 15) is 4.79 Å². The molecule has 1 aliphatic heterocycles. The Morgan fingerprint density at radius 1 is 1.06 bits per heavy atom. The maximum absolute atomic E-state index is 11.4. The molecule has 0 amide bonds. The van der Waals surface area contributed by atoms with Crippen LogP contribution in [0.4, 0.5) is 0 Å². The minimum atomic E-state index is 0.0332. The molecule has 1 saturated heterocycles. The molecule has 3 unspecified atom stereocenters. The summed E-state index contributed by atoms with van der Waals surface area (Å²) in [7, 11) is 0. The molecule has 1 N–H and O–H groups in total. The number of piperazine rings is 1. The monoisotopic (exact) mass is 439 g/mol. The van der Waals surface area contributed by atoms with Gasteiger partial charge in [0.25, 0.3) is 0 Å². The molecule has 0 bridgehead atoms. The molecular formula is C28H45N3O. The van der Waals surface area contributed by atoms with E-state index in [2.05, 4.69) is 42.3 Å². The van der Waals surface area contributed by atoms with Gasteiger partial charge in [-0.2, -0.15) is 5.26 Å². The molecule has 1 aliphatic rings. The molecule has 0 saturated carbocycles. The van der Waals surface area contributed by atoms with Crippen molar-refractivity contribution in [3.63, 3.8) is 0 Å². The van der Waals surface area contributed by atoms with Gasteiger partial charge in [-0.25, -0.2) is 0 Å². The van der Waals surface area contributed by atoms with Crippen LogP contribution in [0, 0.1) is 17.2 Å². The molecule has 0 aromatic heterocycles. The van der Waals surface area contributed by atoms with Crippen molar-refractivity contribution < 1.29 is 4.79 Å². The first-order valence-corrected chi connectivity index (χ1v) is 13.1. The van der Waals surface area contributed by atoms with Crippen molar-refractivity contribution >= 4 is 6.29 Å². The van der Waals surface area contributed by atoms with E-state index < -0.39 is 0 Å². The summed E-state index contributed by atoms with van der Waals surface area (Å²) in [6.07, 6.45) is 15.6. The van der Waals surface area contributed by atoms with Crippen LogP contribution in [0.2, 0.25) is 0 Å². The van der Waals surface area contributed by atoms with Gasteiger partial charge in [0.1, 0.15) is 6.29 Å². The van der Waals surface area contributed by atoms with E-state index in [4.69, 9.17) is 5.26 Å². The zero-order chi connectivity index (χ0) is 23.0. The normalized spacial score (nSPS) is 18.7. The van der Waals surface area contributed by atoms with Crippen LogP contribution in [0.3, 0.4) is 0 Å². The smallest absolute Gasteiger partial charge is 0.138 e. The van der Waals surface area contributed by atoms with Gasteiger partial charge < -0.3 is 10.1 Å². The van der Waals surface area contributed by atoms with Crippen LogP contribution in [0.5, 0.6) is 0 Å². The van der Waals surface area contributed by atoms with Crippen LogP contribution in [0.25, 0.3) is 0 Å². The Morgan fingerprint density at radius 3 is 2.38 bits per heavy atom. The largest absolute Gasteiger partial charge is 0.313 e. The van der Waals surface area contributed by atoms with Gasteiger partial charge in [0.05, 0.1) is 17.7 Å². The topological polar surface area (TPSA) is 56.1 Å². The lowest BCUT2D eigenvalue weighted by Gasteiger charge is -2.33. The van der Waals surface area contributed by atoms with Crippen LogP contribution in [-0.2, 0) is 4.79 Å². The average molecular weight is 440 g/mol. The van der Waals surface area contributed by atoms with Crippen LogP contribution in [0.15, 0.2) is 24.3 Å². The molecule has 2 rings (SSSR count).